The standard InChI is InChI=1S/C17H18N6O2/c1-24-16-11-14(12-19-23-17(18)20-21-22-23)7-8-15(16)25-10-9-13-5-3-2-4-6-13/h2-8,11-12H,9-10H2,1H3,(H2,18,20,22)/b19-12+. The van der Waals surface area contributed by atoms with E-state index in [9.17, 15) is 0 Å². The second-order valence-electron chi connectivity index (χ2n) is 5.17. The number of rotatable bonds is 7. The van der Waals surface area contributed by atoms with Crippen LogP contribution in [0, 0.1) is 0 Å². The van der Waals surface area contributed by atoms with Crippen LogP contribution in [0.15, 0.2) is 53.6 Å². The monoisotopic (exact) mass is 338 g/mol. The van der Waals surface area contributed by atoms with Crippen LogP contribution >= 0.6 is 0 Å². The highest BCUT2D eigenvalue weighted by atomic mass is 16.5. The van der Waals surface area contributed by atoms with Crippen LogP contribution in [0.3, 0.4) is 0 Å². The average Bonchev–Trinajstić information content (AvgIpc) is 3.06. The number of methoxy groups -OCH3 is 1. The number of hydrogen-bond donors (Lipinski definition) is 1. The zero-order valence-electron chi connectivity index (χ0n) is 13.7. The summed E-state index contributed by atoms with van der Waals surface area (Å²) in [7, 11) is 1.60. The highest BCUT2D eigenvalue weighted by molar-refractivity contribution is 5.80. The number of tetrazole rings is 1. The molecule has 0 spiro atoms. The molecule has 3 aromatic rings. The normalized spacial score (nSPS) is 10.9. The number of hydrogen-bond acceptors (Lipinski definition) is 7. The molecule has 2 N–H and O–H groups in total. The Morgan fingerprint density at radius 2 is 2.00 bits per heavy atom. The van der Waals surface area contributed by atoms with Crippen molar-refractivity contribution in [3.05, 3.63) is 59.7 Å². The fourth-order valence-electron chi connectivity index (χ4n) is 2.20. The van der Waals surface area contributed by atoms with Crippen LogP contribution in [0.1, 0.15) is 11.1 Å². The number of aromatic nitrogens is 4. The van der Waals surface area contributed by atoms with E-state index < -0.39 is 0 Å². The lowest BCUT2D eigenvalue weighted by atomic mass is 10.2. The molecule has 2 aromatic carbocycles. The fraction of sp³-hybridized carbons (Fsp3) is 0.176. The Morgan fingerprint density at radius 1 is 1.16 bits per heavy atom. The number of nitrogens with two attached hydrogens (primary N) is 1. The molecule has 1 heterocycles. The largest absolute Gasteiger partial charge is 0.493 e. The molecule has 25 heavy (non-hydrogen) atoms. The summed E-state index contributed by atoms with van der Waals surface area (Å²) in [5.41, 5.74) is 7.59. The predicted molar refractivity (Wildman–Crippen MR) is 93.9 cm³/mol. The minimum Gasteiger partial charge on any atom is -0.493 e. The first-order chi connectivity index (χ1) is 12.3. The van der Waals surface area contributed by atoms with Gasteiger partial charge in [0.05, 0.1) is 19.9 Å². The molecule has 0 atom stereocenters. The van der Waals surface area contributed by atoms with Gasteiger partial charge in [-0.25, -0.2) is 0 Å². The molecule has 1 aromatic heterocycles. The Labute approximate surface area is 144 Å². The molecule has 0 aliphatic rings. The summed E-state index contributed by atoms with van der Waals surface area (Å²) in [6, 6.07) is 15.7. The predicted octanol–water partition coefficient (Wildman–Crippen LogP) is 1.77. The molecule has 0 aliphatic carbocycles. The van der Waals surface area contributed by atoms with Crippen LogP contribution in [-0.2, 0) is 6.42 Å². The minimum atomic E-state index is 0.115. The lowest BCUT2D eigenvalue weighted by molar-refractivity contribution is 0.297. The first-order valence-electron chi connectivity index (χ1n) is 7.69. The SMILES string of the molecule is COc1cc(/C=N/n2nnnc2N)ccc1OCCc1ccccc1. The second kappa shape index (κ2) is 7.91. The zero-order valence-corrected chi connectivity index (χ0v) is 13.7. The zero-order chi connectivity index (χ0) is 17.5. The first kappa shape index (κ1) is 16.4. The third-order valence-corrected chi connectivity index (χ3v) is 3.47. The lowest BCUT2D eigenvalue weighted by Crippen LogP contribution is -2.03. The molecule has 0 unspecified atom stereocenters. The van der Waals surface area contributed by atoms with E-state index in [0.717, 1.165) is 16.8 Å². The Bertz CT molecular complexity index is 847. The summed E-state index contributed by atoms with van der Waals surface area (Å²) in [4.78, 5) is 1.14. The third-order valence-electron chi connectivity index (χ3n) is 3.47. The van der Waals surface area contributed by atoms with Crippen LogP contribution in [0.4, 0.5) is 5.95 Å². The van der Waals surface area contributed by atoms with E-state index >= 15 is 0 Å². The summed E-state index contributed by atoms with van der Waals surface area (Å²) < 4.78 is 11.2. The summed E-state index contributed by atoms with van der Waals surface area (Å²) in [5, 5.41) is 14.7. The van der Waals surface area contributed by atoms with E-state index in [-0.39, 0.29) is 5.95 Å². The van der Waals surface area contributed by atoms with E-state index in [1.165, 1.54) is 5.56 Å². The summed E-state index contributed by atoms with van der Waals surface area (Å²) in [6.07, 6.45) is 2.41. The van der Waals surface area contributed by atoms with Crippen molar-refractivity contribution in [3.8, 4) is 11.5 Å². The highest BCUT2D eigenvalue weighted by Crippen LogP contribution is 2.27. The van der Waals surface area contributed by atoms with Gasteiger partial charge in [0.15, 0.2) is 11.5 Å². The van der Waals surface area contributed by atoms with Crippen molar-refractivity contribution in [1.29, 1.82) is 0 Å². The van der Waals surface area contributed by atoms with Gasteiger partial charge < -0.3 is 15.2 Å². The van der Waals surface area contributed by atoms with Gasteiger partial charge in [-0.2, -0.15) is 5.10 Å². The maximum absolute atomic E-state index is 5.83. The van der Waals surface area contributed by atoms with Crippen molar-refractivity contribution in [2.75, 3.05) is 19.5 Å². The molecule has 128 valence electrons. The molecule has 8 nitrogen and oxygen atoms in total. The van der Waals surface area contributed by atoms with Gasteiger partial charge in [0.1, 0.15) is 0 Å². The van der Waals surface area contributed by atoms with Gasteiger partial charge in [0, 0.05) is 6.42 Å². The molecule has 0 bridgehead atoms. The second-order valence-corrected chi connectivity index (χ2v) is 5.17. The van der Waals surface area contributed by atoms with Gasteiger partial charge in [-0.3, -0.25) is 0 Å². The van der Waals surface area contributed by atoms with Crippen molar-refractivity contribution in [1.82, 2.24) is 20.3 Å². The van der Waals surface area contributed by atoms with Gasteiger partial charge in [-0.05, 0) is 39.8 Å². The van der Waals surface area contributed by atoms with E-state index in [1.54, 1.807) is 13.3 Å². The van der Waals surface area contributed by atoms with Crippen molar-refractivity contribution in [2.24, 2.45) is 5.10 Å². The van der Waals surface area contributed by atoms with Gasteiger partial charge in [-0.1, -0.05) is 40.2 Å². The summed E-state index contributed by atoms with van der Waals surface area (Å²) >= 11 is 0. The maximum Gasteiger partial charge on any atom is 0.263 e. The minimum absolute atomic E-state index is 0.115. The van der Waals surface area contributed by atoms with E-state index in [2.05, 4.69) is 32.8 Å². The summed E-state index contributed by atoms with van der Waals surface area (Å²) in [6.45, 7) is 0.564. The number of nitrogens with zero attached hydrogens (tertiary/aromatic N) is 5. The van der Waals surface area contributed by atoms with E-state index in [1.807, 2.05) is 36.4 Å². The van der Waals surface area contributed by atoms with Crippen molar-refractivity contribution >= 4 is 12.2 Å². The number of benzene rings is 2. The van der Waals surface area contributed by atoms with Gasteiger partial charge in [-0.15, -0.1) is 0 Å². The highest BCUT2D eigenvalue weighted by Gasteiger charge is 2.06. The van der Waals surface area contributed by atoms with Crippen LogP contribution in [0.5, 0.6) is 11.5 Å². The Kier molecular flexibility index (Phi) is 5.20. The van der Waals surface area contributed by atoms with Gasteiger partial charge >= 0.3 is 0 Å². The molecule has 0 radical (unpaired) electrons. The maximum atomic E-state index is 5.83. The molecule has 3 rings (SSSR count). The lowest BCUT2D eigenvalue weighted by Gasteiger charge is -2.11. The Morgan fingerprint density at radius 3 is 2.72 bits per heavy atom. The molecule has 0 aliphatic heterocycles. The molecule has 0 saturated heterocycles. The van der Waals surface area contributed by atoms with Crippen LogP contribution < -0.4 is 15.2 Å². The van der Waals surface area contributed by atoms with Crippen molar-refractivity contribution < 1.29 is 9.47 Å². The Balaban J connectivity index is 1.65. The topological polar surface area (TPSA) is 100 Å². The number of anilines is 1. The van der Waals surface area contributed by atoms with E-state index in [0.29, 0.717) is 18.1 Å². The van der Waals surface area contributed by atoms with Crippen molar-refractivity contribution in [3.63, 3.8) is 0 Å². The smallest absolute Gasteiger partial charge is 0.263 e. The van der Waals surface area contributed by atoms with E-state index in [4.69, 9.17) is 15.2 Å². The van der Waals surface area contributed by atoms with Crippen molar-refractivity contribution in [2.45, 2.75) is 6.42 Å². The first-order valence-corrected chi connectivity index (χ1v) is 7.69. The van der Waals surface area contributed by atoms with Gasteiger partial charge in [0.25, 0.3) is 5.95 Å². The quantitative estimate of drug-likeness (QED) is 0.659. The molecule has 0 saturated carbocycles. The molecular weight excluding hydrogens is 320 g/mol. The molecule has 0 fully saturated rings. The van der Waals surface area contributed by atoms with Gasteiger partial charge in [0.2, 0.25) is 0 Å². The van der Waals surface area contributed by atoms with Crippen LogP contribution in [0.25, 0.3) is 0 Å². The molecular formula is C17H18N6O2. The number of nitrogen functional groups attached to an aromatic ring is 1. The molecule has 0 amide bonds. The third kappa shape index (κ3) is 4.31. The van der Waals surface area contributed by atoms with Crippen LogP contribution in [-0.4, -0.2) is 40.2 Å². The average molecular weight is 338 g/mol. The van der Waals surface area contributed by atoms with Crippen LogP contribution in [0.2, 0.25) is 0 Å². The summed E-state index contributed by atoms with van der Waals surface area (Å²) in [5.74, 6) is 1.42. The fourth-order valence-corrected chi connectivity index (χ4v) is 2.20. The molecule has 8 heteroatoms. The Hall–Kier alpha value is -3.42. The number of ether oxygens (including phenoxy) is 2.